The quantitative estimate of drug-likeness (QED) is 0.839. The molecule has 1 amide bonds. The average Bonchev–Trinajstić information content (AvgIpc) is 2.35. The lowest BCUT2D eigenvalue weighted by molar-refractivity contribution is -0.155. The molecule has 1 N–H and O–H groups in total. The second kappa shape index (κ2) is 6.88. The van der Waals surface area contributed by atoms with Gasteiger partial charge in [0.15, 0.2) is 6.61 Å². The molecule has 0 aromatic heterocycles. The van der Waals surface area contributed by atoms with Crippen molar-refractivity contribution < 1.29 is 14.3 Å². The van der Waals surface area contributed by atoms with Crippen LogP contribution in [0.15, 0.2) is 28.7 Å². The highest BCUT2D eigenvalue weighted by Gasteiger charge is 2.27. The Bertz CT molecular complexity index is 482. The van der Waals surface area contributed by atoms with E-state index in [1.165, 1.54) is 0 Å². The third kappa shape index (κ3) is 4.07. The second-order valence-corrected chi connectivity index (χ2v) is 5.99. The highest BCUT2D eigenvalue weighted by atomic mass is 79.9. The van der Waals surface area contributed by atoms with Gasteiger partial charge in [-0.25, -0.2) is 0 Å². The third-order valence-corrected chi connectivity index (χ3v) is 4.06. The van der Waals surface area contributed by atoms with E-state index in [1.807, 2.05) is 31.2 Å². The van der Waals surface area contributed by atoms with Crippen LogP contribution in [0.25, 0.3) is 0 Å². The Kier molecular flexibility index (Phi) is 5.17. The van der Waals surface area contributed by atoms with Gasteiger partial charge in [0, 0.05) is 4.47 Å². The lowest BCUT2D eigenvalue weighted by atomic mass is 9.86. The lowest BCUT2D eigenvalue weighted by Gasteiger charge is -2.23. The van der Waals surface area contributed by atoms with Gasteiger partial charge in [0.2, 0.25) is 0 Å². The standard InChI is InChI=1S/C15H18BrNO3/c1-10(11-5-7-13(16)8-6-11)17-14(18)9-20-15(19)12-3-2-4-12/h5-8,10,12H,2-4,9H2,1H3,(H,17,18). The van der Waals surface area contributed by atoms with Crippen LogP contribution >= 0.6 is 15.9 Å². The van der Waals surface area contributed by atoms with E-state index in [0.29, 0.717) is 0 Å². The van der Waals surface area contributed by atoms with Gasteiger partial charge in [-0.1, -0.05) is 34.5 Å². The summed E-state index contributed by atoms with van der Waals surface area (Å²) in [5.74, 6) is -0.512. The molecule has 1 unspecified atom stereocenters. The van der Waals surface area contributed by atoms with Gasteiger partial charge in [0.05, 0.1) is 12.0 Å². The Balaban J connectivity index is 1.75. The van der Waals surface area contributed by atoms with Crippen molar-refractivity contribution >= 4 is 27.8 Å². The van der Waals surface area contributed by atoms with Gasteiger partial charge < -0.3 is 10.1 Å². The number of rotatable bonds is 5. The van der Waals surface area contributed by atoms with Crippen LogP contribution in [0.5, 0.6) is 0 Å². The molecule has 0 heterocycles. The summed E-state index contributed by atoms with van der Waals surface area (Å²) < 4.78 is 6.00. The zero-order valence-corrected chi connectivity index (χ0v) is 13.0. The molecule has 2 rings (SSSR count). The first-order valence-electron chi connectivity index (χ1n) is 6.77. The van der Waals surface area contributed by atoms with E-state index in [9.17, 15) is 9.59 Å². The Hall–Kier alpha value is -1.36. The van der Waals surface area contributed by atoms with Crippen LogP contribution in [0.4, 0.5) is 0 Å². The van der Waals surface area contributed by atoms with Gasteiger partial charge >= 0.3 is 5.97 Å². The minimum absolute atomic E-state index is 0.00620. The number of benzene rings is 1. The fraction of sp³-hybridized carbons (Fsp3) is 0.467. The van der Waals surface area contributed by atoms with Gasteiger partial charge in [-0.15, -0.1) is 0 Å². The van der Waals surface area contributed by atoms with Crippen molar-refractivity contribution in [2.75, 3.05) is 6.61 Å². The van der Waals surface area contributed by atoms with Crippen molar-refractivity contribution in [2.45, 2.75) is 32.2 Å². The Morgan fingerprint density at radius 3 is 2.55 bits per heavy atom. The first kappa shape index (κ1) is 15.0. The summed E-state index contributed by atoms with van der Waals surface area (Å²) in [6.07, 6.45) is 2.85. The monoisotopic (exact) mass is 339 g/mol. The largest absolute Gasteiger partial charge is 0.455 e. The summed E-state index contributed by atoms with van der Waals surface area (Å²) in [5, 5.41) is 2.81. The number of halogens is 1. The van der Waals surface area contributed by atoms with Crippen LogP contribution in [-0.2, 0) is 14.3 Å². The van der Waals surface area contributed by atoms with Gasteiger partial charge in [0.25, 0.3) is 5.91 Å². The molecule has 1 saturated carbocycles. The van der Waals surface area contributed by atoms with Crippen molar-refractivity contribution in [1.29, 1.82) is 0 Å². The predicted molar refractivity (Wildman–Crippen MR) is 79.0 cm³/mol. The zero-order valence-electron chi connectivity index (χ0n) is 11.4. The maximum Gasteiger partial charge on any atom is 0.309 e. The van der Waals surface area contributed by atoms with E-state index in [0.717, 1.165) is 29.3 Å². The van der Waals surface area contributed by atoms with Crippen molar-refractivity contribution in [3.63, 3.8) is 0 Å². The van der Waals surface area contributed by atoms with Crippen LogP contribution in [0.1, 0.15) is 37.8 Å². The second-order valence-electron chi connectivity index (χ2n) is 5.08. The number of carbonyl (C=O) groups excluding carboxylic acids is 2. The van der Waals surface area contributed by atoms with Gasteiger partial charge in [-0.2, -0.15) is 0 Å². The molecule has 0 spiro atoms. The van der Waals surface area contributed by atoms with Crippen LogP contribution in [0, 0.1) is 5.92 Å². The molecule has 1 aliphatic rings. The first-order chi connectivity index (χ1) is 9.56. The average molecular weight is 340 g/mol. The summed E-state index contributed by atoms with van der Waals surface area (Å²) in [6, 6.07) is 7.62. The first-order valence-corrected chi connectivity index (χ1v) is 7.57. The maximum absolute atomic E-state index is 11.7. The molecular formula is C15H18BrNO3. The Morgan fingerprint density at radius 2 is 2.00 bits per heavy atom. The summed E-state index contributed by atoms with van der Waals surface area (Å²) in [6.45, 7) is 1.70. The van der Waals surface area contributed by atoms with E-state index in [2.05, 4.69) is 21.2 Å². The van der Waals surface area contributed by atoms with Crippen molar-refractivity contribution in [2.24, 2.45) is 5.92 Å². The molecule has 1 atom stereocenters. The molecule has 0 aliphatic heterocycles. The van der Waals surface area contributed by atoms with E-state index >= 15 is 0 Å². The van der Waals surface area contributed by atoms with E-state index in [-0.39, 0.29) is 30.4 Å². The SMILES string of the molecule is CC(NC(=O)COC(=O)C1CCC1)c1ccc(Br)cc1. The van der Waals surface area contributed by atoms with E-state index in [1.54, 1.807) is 0 Å². The van der Waals surface area contributed by atoms with Crippen molar-refractivity contribution in [3.05, 3.63) is 34.3 Å². The molecule has 1 aliphatic carbocycles. The number of hydrogen-bond donors (Lipinski definition) is 1. The third-order valence-electron chi connectivity index (χ3n) is 3.53. The minimum Gasteiger partial charge on any atom is -0.455 e. The molecule has 20 heavy (non-hydrogen) atoms. The topological polar surface area (TPSA) is 55.4 Å². The molecule has 1 fully saturated rings. The van der Waals surface area contributed by atoms with Crippen LogP contribution in [-0.4, -0.2) is 18.5 Å². The molecule has 1 aromatic carbocycles. The molecular weight excluding hydrogens is 322 g/mol. The summed E-state index contributed by atoms with van der Waals surface area (Å²) in [7, 11) is 0. The number of carbonyl (C=O) groups is 2. The highest BCUT2D eigenvalue weighted by molar-refractivity contribution is 9.10. The fourth-order valence-electron chi connectivity index (χ4n) is 2.02. The van der Waals surface area contributed by atoms with Gasteiger partial charge in [-0.3, -0.25) is 9.59 Å². The zero-order chi connectivity index (χ0) is 14.5. The Labute approximate surface area is 127 Å². The molecule has 1 aromatic rings. The number of amides is 1. The molecule has 0 bridgehead atoms. The van der Waals surface area contributed by atoms with Crippen molar-refractivity contribution in [3.8, 4) is 0 Å². The smallest absolute Gasteiger partial charge is 0.309 e. The molecule has 4 nitrogen and oxygen atoms in total. The molecule has 108 valence electrons. The number of nitrogens with one attached hydrogen (secondary N) is 1. The summed E-state index contributed by atoms with van der Waals surface area (Å²) in [4.78, 5) is 23.2. The minimum atomic E-state index is -0.270. The number of esters is 1. The molecule has 0 saturated heterocycles. The Morgan fingerprint density at radius 1 is 1.35 bits per heavy atom. The maximum atomic E-state index is 11.7. The summed E-state index contributed by atoms with van der Waals surface area (Å²) in [5.41, 5.74) is 1.01. The molecule has 5 heteroatoms. The van der Waals surface area contributed by atoms with Crippen LogP contribution < -0.4 is 5.32 Å². The highest BCUT2D eigenvalue weighted by Crippen LogP contribution is 2.27. The summed E-state index contributed by atoms with van der Waals surface area (Å²) >= 11 is 3.37. The number of hydrogen-bond acceptors (Lipinski definition) is 3. The predicted octanol–water partition coefficient (Wildman–Crippen LogP) is 2.97. The van der Waals surface area contributed by atoms with Crippen LogP contribution in [0.2, 0.25) is 0 Å². The van der Waals surface area contributed by atoms with Gasteiger partial charge in [-0.05, 0) is 37.5 Å². The van der Waals surface area contributed by atoms with Crippen molar-refractivity contribution in [1.82, 2.24) is 5.32 Å². The van der Waals surface area contributed by atoms with Gasteiger partial charge in [0.1, 0.15) is 0 Å². The van der Waals surface area contributed by atoms with E-state index in [4.69, 9.17) is 4.74 Å². The van der Waals surface area contributed by atoms with E-state index < -0.39 is 0 Å². The number of ether oxygens (including phenoxy) is 1. The fourth-order valence-corrected chi connectivity index (χ4v) is 2.28. The van der Waals surface area contributed by atoms with Crippen LogP contribution in [0.3, 0.4) is 0 Å². The molecule has 0 radical (unpaired) electrons. The lowest BCUT2D eigenvalue weighted by Crippen LogP contribution is -2.33. The normalized spacial score (nSPS) is 16.1.